The van der Waals surface area contributed by atoms with Crippen LogP contribution >= 0.6 is 12.4 Å². The van der Waals surface area contributed by atoms with Gasteiger partial charge in [-0.15, -0.1) is 12.4 Å². The number of halogens is 1. The van der Waals surface area contributed by atoms with Crippen molar-refractivity contribution in [3.8, 4) is 5.75 Å². The van der Waals surface area contributed by atoms with E-state index in [1.54, 1.807) is 16.6 Å². The SMILES string of the molecule is Cl.Cn1nc(C2CCNCC2)nc1NC(=O)CCN1C(=O)COc2ccccc21. The number of nitrogens with zero attached hydrogens (tertiary/aromatic N) is 4. The minimum absolute atomic E-state index is 0. The highest BCUT2D eigenvalue weighted by atomic mass is 35.5. The second kappa shape index (κ2) is 9.23. The lowest BCUT2D eigenvalue weighted by Crippen LogP contribution is -2.40. The molecule has 2 N–H and O–H groups in total. The molecule has 0 saturated carbocycles. The van der Waals surface area contributed by atoms with Crippen LogP contribution in [0.5, 0.6) is 5.75 Å². The fourth-order valence-electron chi connectivity index (χ4n) is 3.57. The highest BCUT2D eigenvalue weighted by Gasteiger charge is 2.26. The zero-order valence-electron chi connectivity index (χ0n) is 16.3. The number of carbonyl (C=O) groups is 2. The van der Waals surface area contributed by atoms with Crippen molar-refractivity contribution in [3.05, 3.63) is 30.1 Å². The van der Waals surface area contributed by atoms with Gasteiger partial charge in [0.15, 0.2) is 12.4 Å². The van der Waals surface area contributed by atoms with Crippen molar-refractivity contribution >= 4 is 35.9 Å². The van der Waals surface area contributed by atoms with Gasteiger partial charge in [-0.3, -0.25) is 14.9 Å². The predicted molar refractivity (Wildman–Crippen MR) is 111 cm³/mol. The van der Waals surface area contributed by atoms with Gasteiger partial charge in [0, 0.05) is 25.9 Å². The van der Waals surface area contributed by atoms with Crippen LogP contribution in [0.4, 0.5) is 11.6 Å². The first-order chi connectivity index (χ1) is 13.6. The number of amides is 2. The third-order valence-electron chi connectivity index (χ3n) is 5.11. The van der Waals surface area contributed by atoms with Crippen LogP contribution in [-0.4, -0.2) is 52.8 Å². The smallest absolute Gasteiger partial charge is 0.265 e. The van der Waals surface area contributed by atoms with Crippen LogP contribution in [0.2, 0.25) is 0 Å². The number of hydrogen-bond acceptors (Lipinski definition) is 6. The normalized spacial score (nSPS) is 16.6. The molecule has 2 aliphatic rings. The molecule has 29 heavy (non-hydrogen) atoms. The molecule has 10 heteroatoms. The van der Waals surface area contributed by atoms with Crippen LogP contribution < -0.4 is 20.3 Å². The predicted octanol–water partition coefficient (Wildman–Crippen LogP) is 1.46. The maximum Gasteiger partial charge on any atom is 0.265 e. The molecule has 0 spiro atoms. The van der Waals surface area contributed by atoms with Crippen molar-refractivity contribution in [1.29, 1.82) is 0 Å². The fourth-order valence-corrected chi connectivity index (χ4v) is 3.57. The molecule has 0 unspecified atom stereocenters. The molecule has 0 atom stereocenters. The van der Waals surface area contributed by atoms with E-state index in [-0.39, 0.29) is 43.8 Å². The highest BCUT2D eigenvalue weighted by molar-refractivity contribution is 5.99. The average molecular weight is 421 g/mol. The Labute approximate surface area is 175 Å². The second-order valence-corrected chi connectivity index (χ2v) is 7.04. The molecule has 2 aromatic rings. The molecule has 1 aromatic carbocycles. The maximum atomic E-state index is 12.4. The number of aryl methyl sites for hydroxylation is 1. The van der Waals surface area contributed by atoms with Gasteiger partial charge in [-0.2, -0.15) is 10.1 Å². The molecule has 0 aliphatic carbocycles. The summed E-state index contributed by atoms with van der Waals surface area (Å²) in [7, 11) is 1.77. The number of fused-ring (bicyclic) bond motifs is 1. The van der Waals surface area contributed by atoms with E-state index in [4.69, 9.17) is 4.74 Å². The van der Waals surface area contributed by atoms with E-state index in [9.17, 15) is 9.59 Å². The molecule has 1 saturated heterocycles. The van der Waals surface area contributed by atoms with Crippen molar-refractivity contribution < 1.29 is 14.3 Å². The third kappa shape index (κ3) is 4.68. The largest absolute Gasteiger partial charge is 0.482 e. The third-order valence-corrected chi connectivity index (χ3v) is 5.11. The Balaban J connectivity index is 0.00000240. The van der Waals surface area contributed by atoms with Gasteiger partial charge in [0.05, 0.1) is 5.69 Å². The van der Waals surface area contributed by atoms with Crippen molar-refractivity contribution in [3.63, 3.8) is 0 Å². The lowest BCUT2D eigenvalue weighted by atomic mass is 9.98. The number of hydrogen-bond donors (Lipinski definition) is 2. The zero-order valence-corrected chi connectivity index (χ0v) is 17.1. The topological polar surface area (TPSA) is 101 Å². The van der Waals surface area contributed by atoms with Crippen LogP contribution in [0.3, 0.4) is 0 Å². The number of aromatic nitrogens is 3. The number of anilines is 2. The van der Waals surface area contributed by atoms with Gasteiger partial charge in [0.2, 0.25) is 11.9 Å². The first-order valence-corrected chi connectivity index (χ1v) is 9.55. The molecule has 2 aliphatic heterocycles. The summed E-state index contributed by atoms with van der Waals surface area (Å²) in [6, 6.07) is 7.33. The molecule has 9 nitrogen and oxygen atoms in total. The van der Waals surface area contributed by atoms with Gasteiger partial charge in [-0.1, -0.05) is 12.1 Å². The van der Waals surface area contributed by atoms with E-state index in [0.717, 1.165) is 31.8 Å². The molecule has 4 rings (SSSR count). The minimum Gasteiger partial charge on any atom is -0.482 e. The Bertz CT molecular complexity index is 881. The van der Waals surface area contributed by atoms with Gasteiger partial charge in [0.1, 0.15) is 5.75 Å². The Hall–Kier alpha value is -2.65. The fraction of sp³-hybridized carbons (Fsp3) is 0.474. The summed E-state index contributed by atoms with van der Waals surface area (Å²) >= 11 is 0. The van der Waals surface area contributed by atoms with E-state index in [1.807, 2.05) is 24.3 Å². The first-order valence-electron chi connectivity index (χ1n) is 9.55. The molecule has 1 fully saturated rings. The lowest BCUT2D eigenvalue weighted by molar-refractivity contribution is -0.121. The lowest BCUT2D eigenvalue weighted by Gasteiger charge is -2.29. The van der Waals surface area contributed by atoms with Crippen LogP contribution in [-0.2, 0) is 16.6 Å². The van der Waals surface area contributed by atoms with E-state index in [2.05, 4.69) is 20.7 Å². The van der Waals surface area contributed by atoms with Gasteiger partial charge in [-0.05, 0) is 38.1 Å². The van der Waals surface area contributed by atoms with Gasteiger partial charge < -0.3 is 15.0 Å². The van der Waals surface area contributed by atoms with Crippen molar-refractivity contribution in [2.75, 3.05) is 36.5 Å². The quantitative estimate of drug-likeness (QED) is 0.759. The number of rotatable bonds is 5. The van der Waals surface area contributed by atoms with Crippen LogP contribution in [0, 0.1) is 0 Å². The number of benzene rings is 1. The van der Waals surface area contributed by atoms with Crippen LogP contribution in [0.1, 0.15) is 31.0 Å². The van der Waals surface area contributed by atoms with E-state index in [1.165, 1.54) is 0 Å². The zero-order chi connectivity index (χ0) is 19.5. The standard InChI is InChI=1S/C19H24N6O3.ClH/c1-24-19(22-18(23-24)13-6-9-20-10-7-13)21-16(26)8-11-25-14-4-2-3-5-15(14)28-12-17(25)27;/h2-5,13,20H,6-12H2,1H3,(H,21,22,23,26);1H. The van der Waals surface area contributed by atoms with Crippen molar-refractivity contribution in [2.24, 2.45) is 7.05 Å². The summed E-state index contributed by atoms with van der Waals surface area (Å²) in [4.78, 5) is 30.7. The summed E-state index contributed by atoms with van der Waals surface area (Å²) in [6.07, 6.45) is 2.15. The number of carbonyl (C=O) groups excluding carboxylic acids is 2. The maximum absolute atomic E-state index is 12.4. The second-order valence-electron chi connectivity index (χ2n) is 7.04. The monoisotopic (exact) mass is 420 g/mol. The number of piperidine rings is 1. The number of nitrogens with one attached hydrogen (secondary N) is 2. The summed E-state index contributed by atoms with van der Waals surface area (Å²) in [5.41, 5.74) is 0.693. The molecule has 0 radical (unpaired) electrons. The Morgan fingerprint density at radius 3 is 2.86 bits per heavy atom. The number of para-hydroxylation sites is 2. The van der Waals surface area contributed by atoms with Crippen molar-refractivity contribution in [2.45, 2.75) is 25.2 Å². The summed E-state index contributed by atoms with van der Waals surface area (Å²) in [5, 5.41) is 10.6. The Kier molecular flexibility index (Phi) is 6.71. The molecular weight excluding hydrogens is 396 g/mol. The molecule has 3 heterocycles. The minimum atomic E-state index is -0.205. The Morgan fingerprint density at radius 1 is 1.31 bits per heavy atom. The first kappa shape index (κ1) is 21.1. The average Bonchev–Trinajstić information content (AvgIpc) is 3.08. The summed E-state index contributed by atoms with van der Waals surface area (Å²) in [6.45, 7) is 2.19. The van der Waals surface area contributed by atoms with Gasteiger partial charge in [0.25, 0.3) is 5.91 Å². The van der Waals surface area contributed by atoms with Gasteiger partial charge >= 0.3 is 0 Å². The van der Waals surface area contributed by atoms with E-state index >= 15 is 0 Å². The van der Waals surface area contributed by atoms with E-state index < -0.39 is 0 Å². The van der Waals surface area contributed by atoms with Gasteiger partial charge in [-0.25, -0.2) is 4.68 Å². The van der Waals surface area contributed by atoms with Crippen LogP contribution in [0.25, 0.3) is 0 Å². The summed E-state index contributed by atoms with van der Waals surface area (Å²) < 4.78 is 7.03. The molecule has 1 aromatic heterocycles. The van der Waals surface area contributed by atoms with E-state index in [0.29, 0.717) is 23.3 Å². The molecule has 156 valence electrons. The summed E-state index contributed by atoms with van der Waals surface area (Å²) in [5.74, 6) is 1.83. The van der Waals surface area contributed by atoms with Crippen LogP contribution in [0.15, 0.2) is 24.3 Å². The Morgan fingerprint density at radius 2 is 2.07 bits per heavy atom. The van der Waals surface area contributed by atoms with Crippen molar-refractivity contribution in [1.82, 2.24) is 20.1 Å². The molecule has 2 amide bonds. The molecular formula is C19H25ClN6O3. The highest BCUT2D eigenvalue weighted by Crippen LogP contribution is 2.31. The molecule has 0 bridgehead atoms. The number of ether oxygens (including phenoxy) is 1.